The lowest BCUT2D eigenvalue weighted by atomic mass is 10.0. The van der Waals surface area contributed by atoms with Crippen molar-refractivity contribution < 1.29 is 14.3 Å². The summed E-state index contributed by atoms with van der Waals surface area (Å²) < 4.78 is 5.30. The van der Waals surface area contributed by atoms with E-state index >= 15 is 0 Å². The molecule has 2 N–H and O–H groups in total. The molecule has 6 heteroatoms. The molecule has 0 spiro atoms. The van der Waals surface area contributed by atoms with Crippen molar-refractivity contribution in [3.63, 3.8) is 0 Å². The lowest BCUT2D eigenvalue weighted by Gasteiger charge is -2.37. The number of amides is 2. The van der Waals surface area contributed by atoms with Gasteiger partial charge in [0, 0.05) is 13.6 Å². The van der Waals surface area contributed by atoms with E-state index in [1.165, 1.54) is 0 Å². The number of nitrogens with one attached hydrogen (secondary N) is 2. The zero-order valence-corrected chi connectivity index (χ0v) is 10.8. The predicted octanol–water partition coefficient (Wildman–Crippen LogP) is -0.898. The summed E-state index contributed by atoms with van der Waals surface area (Å²) >= 11 is 0. The molecule has 2 heterocycles. The van der Waals surface area contributed by atoms with E-state index in [0.29, 0.717) is 13.2 Å². The Labute approximate surface area is 107 Å². The first kappa shape index (κ1) is 13.3. The van der Waals surface area contributed by atoms with Gasteiger partial charge in [-0.05, 0) is 19.4 Å². The number of rotatable bonds is 2. The van der Waals surface area contributed by atoms with Crippen molar-refractivity contribution in [2.75, 3.05) is 33.4 Å². The second-order valence-electron chi connectivity index (χ2n) is 4.74. The molecule has 2 rings (SSSR count). The number of hydrogen-bond donors (Lipinski definition) is 2. The van der Waals surface area contributed by atoms with Crippen LogP contribution < -0.4 is 10.6 Å². The summed E-state index contributed by atoms with van der Waals surface area (Å²) in [6.07, 6.45) is 3.04. The van der Waals surface area contributed by atoms with Crippen LogP contribution in [0.4, 0.5) is 0 Å². The van der Waals surface area contributed by atoms with Gasteiger partial charge in [-0.15, -0.1) is 0 Å². The third-order valence-corrected chi connectivity index (χ3v) is 3.57. The van der Waals surface area contributed by atoms with Gasteiger partial charge in [-0.2, -0.15) is 0 Å². The monoisotopic (exact) mass is 255 g/mol. The van der Waals surface area contributed by atoms with Crippen molar-refractivity contribution in [2.24, 2.45) is 0 Å². The Kier molecular flexibility index (Phi) is 4.54. The minimum absolute atomic E-state index is 0.0339. The first-order valence-corrected chi connectivity index (χ1v) is 6.57. The first-order chi connectivity index (χ1) is 8.74. The largest absolute Gasteiger partial charge is 0.377 e. The fraction of sp³-hybridized carbons (Fsp3) is 0.833. The molecule has 0 saturated carbocycles. The molecule has 0 bridgehead atoms. The van der Waals surface area contributed by atoms with Crippen molar-refractivity contribution in [1.29, 1.82) is 0 Å². The van der Waals surface area contributed by atoms with Crippen molar-refractivity contribution >= 4 is 11.8 Å². The molecular formula is C12H21N3O3. The number of carbonyl (C=O) groups excluding carboxylic acids is 2. The zero-order chi connectivity index (χ0) is 13.0. The molecule has 0 radical (unpaired) electrons. The highest BCUT2D eigenvalue weighted by Gasteiger charge is 2.35. The molecule has 1 unspecified atom stereocenters. The van der Waals surface area contributed by atoms with Gasteiger partial charge in [0.05, 0.1) is 19.3 Å². The van der Waals surface area contributed by atoms with Gasteiger partial charge in [-0.1, -0.05) is 6.42 Å². The van der Waals surface area contributed by atoms with Crippen molar-refractivity contribution in [1.82, 2.24) is 15.5 Å². The fourth-order valence-electron chi connectivity index (χ4n) is 2.51. The molecular weight excluding hydrogens is 234 g/mol. The first-order valence-electron chi connectivity index (χ1n) is 6.57. The molecule has 2 aliphatic heterocycles. The zero-order valence-electron chi connectivity index (χ0n) is 10.8. The Morgan fingerprint density at radius 3 is 2.89 bits per heavy atom. The van der Waals surface area contributed by atoms with Crippen molar-refractivity contribution in [2.45, 2.75) is 31.3 Å². The van der Waals surface area contributed by atoms with Gasteiger partial charge in [0.1, 0.15) is 6.04 Å². The van der Waals surface area contributed by atoms with Gasteiger partial charge < -0.3 is 20.3 Å². The number of ether oxygens (including phenoxy) is 1. The predicted molar refractivity (Wildman–Crippen MR) is 66.0 cm³/mol. The Morgan fingerprint density at radius 2 is 2.22 bits per heavy atom. The summed E-state index contributed by atoms with van der Waals surface area (Å²) in [4.78, 5) is 25.8. The third kappa shape index (κ3) is 2.81. The molecule has 6 nitrogen and oxygen atoms in total. The molecule has 0 aromatic rings. The summed E-state index contributed by atoms with van der Waals surface area (Å²) in [6.45, 7) is 2.17. The molecule has 2 saturated heterocycles. The van der Waals surface area contributed by atoms with Crippen molar-refractivity contribution in [3.8, 4) is 0 Å². The normalized spacial score (nSPS) is 28.8. The minimum atomic E-state index is -0.486. The SMILES string of the molecule is CNC(=O)C1COCCN1C(=O)[C@H]1CCCCN1. The highest BCUT2D eigenvalue weighted by atomic mass is 16.5. The average molecular weight is 255 g/mol. The van der Waals surface area contributed by atoms with E-state index < -0.39 is 6.04 Å². The molecule has 2 aliphatic rings. The van der Waals surface area contributed by atoms with Crippen LogP contribution in [0.3, 0.4) is 0 Å². The number of likely N-dealkylation sites (N-methyl/N-ethyl adjacent to an activating group) is 1. The molecule has 2 amide bonds. The van der Waals surface area contributed by atoms with Crippen molar-refractivity contribution in [3.05, 3.63) is 0 Å². The molecule has 18 heavy (non-hydrogen) atoms. The molecule has 2 fully saturated rings. The van der Waals surface area contributed by atoms with Gasteiger partial charge >= 0.3 is 0 Å². The van der Waals surface area contributed by atoms with Crippen LogP contribution in [-0.2, 0) is 14.3 Å². The average Bonchev–Trinajstić information content (AvgIpc) is 2.46. The fourth-order valence-corrected chi connectivity index (χ4v) is 2.51. The standard InChI is InChI=1S/C12H21N3O3/c1-13-11(16)10-8-18-7-6-15(10)12(17)9-4-2-3-5-14-9/h9-10,14H,2-8H2,1H3,(H,13,16)/t9-,10?/m1/s1. The van der Waals surface area contributed by atoms with E-state index in [1.54, 1.807) is 11.9 Å². The van der Waals surface area contributed by atoms with Crippen LogP contribution in [0.5, 0.6) is 0 Å². The van der Waals surface area contributed by atoms with Gasteiger partial charge in [-0.25, -0.2) is 0 Å². The lowest BCUT2D eigenvalue weighted by molar-refractivity contribution is -0.150. The van der Waals surface area contributed by atoms with Crippen LogP contribution in [0.2, 0.25) is 0 Å². The third-order valence-electron chi connectivity index (χ3n) is 3.57. The van der Waals surface area contributed by atoms with E-state index in [-0.39, 0.29) is 24.5 Å². The Morgan fingerprint density at radius 1 is 1.39 bits per heavy atom. The van der Waals surface area contributed by atoms with E-state index in [4.69, 9.17) is 4.74 Å². The Bertz CT molecular complexity index is 316. The van der Waals surface area contributed by atoms with Crippen LogP contribution in [0.25, 0.3) is 0 Å². The quantitative estimate of drug-likeness (QED) is 0.671. The minimum Gasteiger partial charge on any atom is -0.377 e. The second-order valence-corrected chi connectivity index (χ2v) is 4.74. The van der Waals surface area contributed by atoms with E-state index in [1.807, 2.05) is 0 Å². The van der Waals surface area contributed by atoms with Gasteiger partial charge in [0.2, 0.25) is 11.8 Å². The molecule has 0 aromatic carbocycles. The van der Waals surface area contributed by atoms with E-state index in [9.17, 15) is 9.59 Å². The molecule has 102 valence electrons. The number of carbonyl (C=O) groups is 2. The van der Waals surface area contributed by atoms with Crippen LogP contribution in [0, 0.1) is 0 Å². The summed E-state index contributed by atoms with van der Waals surface area (Å²) in [5.74, 6) is -0.120. The summed E-state index contributed by atoms with van der Waals surface area (Å²) in [5, 5.41) is 5.82. The summed E-state index contributed by atoms with van der Waals surface area (Å²) in [7, 11) is 1.58. The second kappa shape index (κ2) is 6.15. The van der Waals surface area contributed by atoms with Gasteiger partial charge in [0.15, 0.2) is 0 Å². The van der Waals surface area contributed by atoms with E-state index in [2.05, 4.69) is 10.6 Å². The van der Waals surface area contributed by atoms with Crippen LogP contribution in [-0.4, -0.2) is 62.1 Å². The van der Waals surface area contributed by atoms with Crippen LogP contribution >= 0.6 is 0 Å². The molecule has 2 atom stereocenters. The maximum absolute atomic E-state index is 12.4. The maximum atomic E-state index is 12.4. The number of piperidine rings is 1. The molecule has 0 aromatic heterocycles. The summed E-state index contributed by atoms with van der Waals surface area (Å²) in [6, 6.07) is -0.621. The van der Waals surface area contributed by atoms with Crippen LogP contribution in [0.1, 0.15) is 19.3 Å². The highest BCUT2D eigenvalue weighted by molar-refractivity contribution is 5.90. The summed E-state index contributed by atoms with van der Waals surface area (Å²) in [5.41, 5.74) is 0. The highest BCUT2D eigenvalue weighted by Crippen LogP contribution is 2.14. The smallest absolute Gasteiger partial charge is 0.244 e. The molecule has 0 aliphatic carbocycles. The maximum Gasteiger partial charge on any atom is 0.244 e. The van der Waals surface area contributed by atoms with Crippen LogP contribution in [0.15, 0.2) is 0 Å². The number of morpholine rings is 1. The van der Waals surface area contributed by atoms with Gasteiger partial charge in [-0.3, -0.25) is 9.59 Å². The Hall–Kier alpha value is -1.14. The number of nitrogens with zero attached hydrogens (tertiary/aromatic N) is 1. The topological polar surface area (TPSA) is 70.7 Å². The van der Waals surface area contributed by atoms with E-state index in [0.717, 1.165) is 25.8 Å². The Balaban J connectivity index is 2.03. The van der Waals surface area contributed by atoms with Gasteiger partial charge in [0.25, 0.3) is 0 Å². The lowest BCUT2D eigenvalue weighted by Crippen LogP contribution is -2.60. The number of hydrogen-bond acceptors (Lipinski definition) is 4.